The summed E-state index contributed by atoms with van der Waals surface area (Å²) in [7, 11) is -2.11. The van der Waals surface area contributed by atoms with Crippen LogP contribution >= 0.6 is 11.3 Å². The van der Waals surface area contributed by atoms with Gasteiger partial charge in [-0.1, -0.05) is 29.8 Å². The highest BCUT2D eigenvalue weighted by atomic mass is 32.2. The lowest BCUT2D eigenvalue weighted by Crippen LogP contribution is -2.24. The van der Waals surface area contributed by atoms with Gasteiger partial charge in [-0.3, -0.25) is 9.52 Å². The van der Waals surface area contributed by atoms with Gasteiger partial charge in [0.25, 0.3) is 10.0 Å². The third kappa shape index (κ3) is 5.78. The maximum absolute atomic E-state index is 12.4. The van der Waals surface area contributed by atoms with E-state index in [2.05, 4.69) is 15.0 Å². The Morgan fingerprint density at radius 2 is 1.79 bits per heavy atom. The van der Waals surface area contributed by atoms with E-state index in [4.69, 9.17) is 4.74 Å². The largest absolute Gasteiger partial charge is 0.497 e. The quantitative estimate of drug-likeness (QED) is 0.571. The number of hydrogen-bond donors (Lipinski definition) is 2. The van der Waals surface area contributed by atoms with Crippen LogP contribution in [-0.2, 0) is 27.8 Å². The number of anilines is 1. The molecule has 0 aliphatic heterocycles. The first-order valence-corrected chi connectivity index (χ1v) is 11.2. The summed E-state index contributed by atoms with van der Waals surface area (Å²) in [5.41, 5.74) is 2.42. The summed E-state index contributed by atoms with van der Waals surface area (Å²) in [6.07, 6.45) is 0.0684. The predicted octanol–water partition coefficient (Wildman–Crippen LogP) is 3.12. The van der Waals surface area contributed by atoms with Crippen LogP contribution in [0.3, 0.4) is 0 Å². The second kappa shape index (κ2) is 9.06. The van der Waals surface area contributed by atoms with Crippen LogP contribution < -0.4 is 14.8 Å². The molecule has 1 heterocycles. The van der Waals surface area contributed by atoms with Crippen molar-refractivity contribution >= 4 is 32.4 Å². The van der Waals surface area contributed by atoms with Gasteiger partial charge in [0.1, 0.15) is 5.75 Å². The smallest absolute Gasteiger partial charge is 0.263 e. The van der Waals surface area contributed by atoms with Crippen molar-refractivity contribution in [3.8, 4) is 5.75 Å². The van der Waals surface area contributed by atoms with E-state index in [0.717, 1.165) is 28.2 Å². The van der Waals surface area contributed by atoms with Crippen LogP contribution in [0.1, 0.15) is 16.8 Å². The molecular formula is C20H21N3O4S2. The molecule has 0 fully saturated rings. The predicted molar refractivity (Wildman–Crippen MR) is 113 cm³/mol. The highest BCUT2D eigenvalue weighted by Gasteiger charge is 2.16. The number of thiazole rings is 1. The van der Waals surface area contributed by atoms with Crippen molar-refractivity contribution < 1.29 is 17.9 Å². The standard InChI is InChI=1S/C20H21N3O4S2/c1-14-3-9-18(10-4-14)29(25,26)23-20-22-16(13-28-20)11-19(24)21-12-15-5-7-17(27-2)8-6-15/h3-10,13H,11-12H2,1-2H3,(H,21,24)(H,22,23). The second-order valence-corrected chi connectivity index (χ2v) is 8.90. The number of ether oxygens (including phenoxy) is 1. The number of sulfonamides is 1. The molecule has 0 spiro atoms. The summed E-state index contributed by atoms with van der Waals surface area (Å²) >= 11 is 1.14. The Labute approximate surface area is 173 Å². The maximum Gasteiger partial charge on any atom is 0.263 e. The lowest BCUT2D eigenvalue weighted by molar-refractivity contribution is -0.120. The van der Waals surface area contributed by atoms with Crippen molar-refractivity contribution in [1.82, 2.24) is 10.3 Å². The topological polar surface area (TPSA) is 97.4 Å². The zero-order valence-corrected chi connectivity index (χ0v) is 17.6. The van der Waals surface area contributed by atoms with Crippen molar-refractivity contribution in [2.75, 3.05) is 11.8 Å². The van der Waals surface area contributed by atoms with Crippen LogP contribution in [0.4, 0.5) is 5.13 Å². The van der Waals surface area contributed by atoms with Crippen molar-refractivity contribution in [3.63, 3.8) is 0 Å². The van der Waals surface area contributed by atoms with E-state index < -0.39 is 10.0 Å². The molecule has 0 saturated heterocycles. The number of methoxy groups -OCH3 is 1. The van der Waals surface area contributed by atoms with E-state index >= 15 is 0 Å². The molecule has 3 rings (SSSR count). The molecule has 0 bridgehead atoms. The Morgan fingerprint density at radius 3 is 2.45 bits per heavy atom. The molecule has 0 aliphatic carbocycles. The fourth-order valence-corrected chi connectivity index (χ4v) is 4.46. The fraction of sp³-hybridized carbons (Fsp3) is 0.200. The Hall–Kier alpha value is -2.91. The summed E-state index contributed by atoms with van der Waals surface area (Å²) in [5, 5.41) is 4.71. The minimum Gasteiger partial charge on any atom is -0.497 e. The van der Waals surface area contributed by atoms with Crippen LogP contribution in [0.15, 0.2) is 58.8 Å². The van der Waals surface area contributed by atoms with E-state index in [1.165, 1.54) is 0 Å². The summed E-state index contributed by atoms with van der Waals surface area (Å²) < 4.78 is 32.4. The number of aromatic nitrogens is 1. The molecule has 0 unspecified atom stereocenters. The number of amides is 1. The third-order valence-corrected chi connectivity index (χ3v) is 6.39. The van der Waals surface area contributed by atoms with Gasteiger partial charge >= 0.3 is 0 Å². The Morgan fingerprint density at radius 1 is 1.10 bits per heavy atom. The minimum absolute atomic E-state index is 0.0684. The van der Waals surface area contributed by atoms with Crippen LogP contribution in [-0.4, -0.2) is 26.4 Å². The van der Waals surface area contributed by atoms with Crippen molar-refractivity contribution in [3.05, 3.63) is 70.7 Å². The van der Waals surface area contributed by atoms with Gasteiger partial charge in [0, 0.05) is 11.9 Å². The second-order valence-electron chi connectivity index (χ2n) is 6.36. The molecular weight excluding hydrogens is 410 g/mol. The number of carbonyl (C=O) groups is 1. The number of rotatable bonds is 8. The van der Waals surface area contributed by atoms with Crippen LogP contribution in [0, 0.1) is 6.92 Å². The van der Waals surface area contributed by atoms with Gasteiger partial charge < -0.3 is 10.1 Å². The molecule has 0 aliphatic rings. The SMILES string of the molecule is COc1ccc(CNC(=O)Cc2csc(NS(=O)(=O)c3ccc(C)cc3)n2)cc1. The molecule has 152 valence electrons. The van der Waals surface area contributed by atoms with Gasteiger partial charge in [0.05, 0.1) is 24.1 Å². The summed E-state index contributed by atoms with van der Waals surface area (Å²) in [6, 6.07) is 13.9. The molecule has 9 heteroatoms. The molecule has 1 aromatic heterocycles. The van der Waals surface area contributed by atoms with Crippen LogP contribution in [0.2, 0.25) is 0 Å². The van der Waals surface area contributed by atoms with Gasteiger partial charge in [0.15, 0.2) is 5.13 Å². The monoisotopic (exact) mass is 431 g/mol. The number of carbonyl (C=O) groups excluding carboxylic acids is 1. The van der Waals surface area contributed by atoms with Gasteiger partial charge in [0.2, 0.25) is 5.91 Å². The lowest BCUT2D eigenvalue weighted by Gasteiger charge is -2.06. The normalized spacial score (nSPS) is 11.1. The highest BCUT2D eigenvalue weighted by Crippen LogP contribution is 2.21. The van der Waals surface area contributed by atoms with Crippen molar-refractivity contribution in [2.45, 2.75) is 24.8 Å². The van der Waals surface area contributed by atoms with Gasteiger partial charge in [-0.15, -0.1) is 11.3 Å². The fourth-order valence-electron chi connectivity index (χ4n) is 2.50. The molecule has 0 radical (unpaired) electrons. The van der Waals surface area contributed by atoms with E-state index in [9.17, 15) is 13.2 Å². The molecule has 0 saturated carbocycles. The van der Waals surface area contributed by atoms with Crippen LogP contribution in [0.5, 0.6) is 5.75 Å². The summed E-state index contributed by atoms with van der Waals surface area (Å²) in [6.45, 7) is 2.27. The van der Waals surface area contributed by atoms with Crippen molar-refractivity contribution in [2.24, 2.45) is 0 Å². The third-order valence-electron chi connectivity index (χ3n) is 4.10. The minimum atomic E-state index is -3.71. The van der Waals surface area contributed by atoms with E-state index in [1.54, 1.807) is 36.8 Å². The van der Waals surface area contributed by atoms with Gasteiger partial charge in [-0.2, -0.15) is 0 Å². The number of hydrogen-bond acceptors (Lipinski definition) is 6. The van der Waals surface area contributed by atoms with Crippen LogP contribution in [0.25, 0.3) is 0 Å². The average Bonchev–Trinajstić information content (AvgIpc) is 3.13. The Balaban J connectivity index is 1.55. The number of benzene rings is 2. The first-order valence-electron chi connectivity index (χ1n) is 8.79. The summed E-state index contributed by atoms with van der Waals surface area (Å²) in [5.74, 6) is 0.558. The zero-order valence-electron chi connectivity index (χ0n) is 16.0. The molecule has 2 N–H and O–H groups in total. The maximum atomic E-state index is 12.4. The molecule has 7 nitrogen and oxygen atoms in total. The van der Waals surface area contributed by atoms with E-state index in [1.807, 2.05) is 31.2 Å². The number of nitrogens with zero attached hydrogens (tertiary/aromatic N) is 1. The van der Waals surface area contributed by atoms with Crippen molar-refractivity contribution in [1.29, 1.82) is 0 Å². The molecule has 29 heavy (non-hydrogen) atoms. The average molecular weight is 432 g/mol. The lowest BCUT2D eigenvalue weighted by atomic mass is 10.2. The zero-order chi connectivity index (χ0) is 20.9. The number of nitrogens with one attached hydrogen (secondary N) is 2. The Bertz CT molecular complexity index is 1080. The van der Waals surface area contributed by atoms with Gasteiger partial charge in [-0.25, -0.2) is 13.4 Å². The van der Waals surface area contributed by atoms with E-state index in [-0.39, 0.29) is 22.4 Å². The van der Waals surface area contributed by atoms with E-state index in [0.29, 0.717) is 12.2 Å². The first kappa shape index (κ1) is 20.8. The molecule has 2 aromatic carbocycles. The Kier molecular flexibility index (Phi) is 6.50. The number of aryl methyl sites for hydroxylation is 1. The first-order chi connectivity index (χ1) is 13.9. The van der Waals surface area contributed by atoms with Gasteiger partial charge in [-0.05, 0) is 36.8 Å². The molecule has 1 amide bonds. The summed E-state index contributed by atoms with van der Waals surface area (Å²) in [4.78, 5) is 16.5. The molecule has 3 aromatic rings. The molecule has 0 atom stereocenters. The highest BCUT2D eigenvalue weighted by molar-refractivity contribution is 7.93.